The minimum Gasteiger partial charge on any atom is -0.372 e. The summed E-state index contributed by atoms with van der Waals surface area (Å²) < 4.78 is 4.37. The van der Waals surface area contributed by atoms with Crippen LogP contribution in [0.4, 0.5) is 0 Å². The number of carbonyl (C=O) groups excluding carboxylic acids is 1. The van der Waals surface area contributed by atoms with Crippen LogP contribution in [0.2, 0.25) is 0 Å². The smallest absolute Gasteiger partial charge is 0.322 e. The number of terminal acetylenes is 1. The third-order valence-corrected chi connectivity index (χ3v) is 1.48. The highest BCUT2D eigenvalue weighted by Gasteiger charge is 2.14. The molecule has 0 atom stereocenters. The van der Waals surface area contributed by atoms with Crippen molar-refractivity contribution in [3.63, 3.8) is 0 Å². The summed E-state index contributed by atoms with van der Waals surface area (Å²) in [5.74, 6) is -0.316. The highest BCUT2D eigenvalue weighted by molar-refractivity contribution is 5.73. The van der Waals surface area contributed by atoms with Gasteiger partial charge in [0.05, 0.1) is 5.92 Å². The van der Waals surface area contributed by atoms with Crippen LogP contribution in [0.15, 0.2) is 0 Å². The van der Waals surface area contributed by atoms with Crippen molar-refractivity contribution in [1.82, 2.24) is 0 Å². The molecular weight excluding hydrogens is 128 g/mol. The van der Waals surface area contributed by atoms with Crippen LogP contribution in [0.3, 0.4) is 0 Å². The van der Waals surface area contributed by atoms with E-state index in [1.54, 1.807) is 0 Å². The van der Waals surface area contributed by atoms with Gasteiger partial charge >= 0.3 is 5.97 Å². The van der Waals surface area contributed by atoms with Gasteiger partial charge in [0.25, 0.3) is 0 Å². The quantitative estimate of drug-likeness (QED) is 0.439. The number of hydrogen-bond acceptors (Lipinski definition) is 2. The van der Waals surface area contributed by atoms with E-state index < -0.39 is 0 Å². The van der Waals surface area contributed by atoms with Crippen molar-refractivity contribution in [3.8, 4) is 12.5 Å². The summed E-state index contributed by atoms with van der Waals surface area (Å²) in [6.45, 7) is 3.87. The lowest BCUT2D eigenvalue weighted by atomic mass is 10.0. The highest BCUT2D eigenvalue weighted by atomic mass is 16.5. The fraction of sp³-hybridized carbons (Fsp3) is 0.625. The summed E-state index contributed by atoms with van der Waals surface area (Å²) in [6, 6.07) is 0. The molecule has 0 saturated carbocycles. The van der Waals surface area contributed by atoms with E-state index in [9.17, 15) is 4.79 Å². The Labute approximate surface area is 61.6 Å². The summed E-state index contributed by atoms with van der Waals surface area (Å²) in [5, 5.41) is 0. The minimum atomic E-state index is -0.285. The summed E-state index contributed by atoms with van der Waals surface area (Å²) >= 11 is 0. The Hall–Kier alpha value is -0.970. The third kappa shape index (κ3) is 2.54. The molecule has 0 aliphatic heterocycles. The van der Waals surface area contributed by atoms with Crippen molar-refractivity contribution in [2.45, 2.75) is 26.7 Å². The molecule has 0 fully saturated rings. The van der Waals surface area contributed by atoms with E-state index in [4.69, 9.17) is 6.42 Å². The molecule has 0 aromatic heterocycles. The number of ether oxygens (including phenoxy) is 1. The van der Waals surface area contributed by atoms with Gasteiger partial charge in [-0.25, -0.2) is 0 Å². The lowest BCUT2D eigenvalue weighted by molar-refractivity contribution is -0.141. The molecule has 0 bridgehead atoms. The molecule has 2 heteroatoms. The van der Waals surface area contributed by atoms with Crippen LogP contribution >= 0.6 is 0 Å². The van der Waals surface area contributed by atoms with E-state index in [0.717, 1.165) is 12.8 Å². The van der Waals surface area contributed by atoms with Crippen molar-refractivity contribution in [3.05, 3.63) is 0 Å². The van der Waals surface area contributed by atoms with Crippen molar-refractivity contribution in [1.29, 1.82) is 0 Å². The Bertz CT molecular complexity index is 140. The van der Waals surface area contributed by atoms with E-state index in [0.29, 0.717) is 0 Å². The molecule has 0 aromatic carbocycles. The first kappa shape index (κ1) is 9.03. The van der Waals surface area contributed by atoms with E-state index in [1.807, 2.05) is 20.0 Å². The molecule has 0 aromatic rings. The molecule has 0 amide bonds. The largest absolute Gasteiger partial charge is 0.372 e. The van der Waals surface area contributed by atoms with E-state index in [1.165, 1.54) is 0 Å². The van der Waals surface area contributed by atoms with E-state index >= 15 is 0 Å². The summed E-state index contributed by atoms with van der Waals surface area (Å²) in [5.41, 5.74) is 0. The Morgan fingerprint density at radius 1 is 1.60 bits per heavy atom. The second kappa shape index (κ2) is 4.87. The monoisotopic (exact) mass is 140 g/mol. The maximum Gasteiger partial charge on any atom is 0.322 e. The molecule has 0 heterocycles. The molecule has 0 rings (SSSR count). The maximum atomic E-state index is 10.8. The van der Waals surface area contributed by atoms with Gasteiger partial charge in [-0.2, -0.15) is 0 Å². The van der Waals surface area contributed by atoms with Crippen LogP contribution in [0.5, 0.6) is 0 Å². The molecule has 10 heavy (non-hydrogen) atoms. The molecular formula is C8H12O2. The van der Waals surface area contributed by atoms with Gasteiger partial charge in [0.2, 0.25) is 0 Å². The third-order valence-electron chi connectivity index (χ3n) is 1.48. The standard InChI is InChI=1S/C8H12O2/c1-4-7(5-2)8(9)10-6-3/h3,7H,4-5H2,1-2H3. The van der Waals surface area contributed by atoms with Crippen molar-refractivity contribution < 1.29 is 9.53 Å². The molecule has 0 N–H and O–H groups in total. The molecule has 0 unspecified atom stereocenters. The predicted molar refractivity (Wildman–Crippen MR) is 39.0 cm³/mol. The first-order valence-corrected chi connectivity index (χ1v) is 3.42. The van der Waals surface area contributed by atoms with Gasteiger partial charge in [-0.15, -0.1) is 0 Å². The molecule has 0 saturated heterocycles. The molecule has 0 aliphatic carbocycles. The van der Waals surface area contributed by atoms with Crippen LogP contribution in [0.25, 0.3) is 0 Å². The predicted octanol–water partition coefficient (Wildman–Crippen LogP) is 1.56. The van der Waals surface area contributed by atoms with Crippen LogP contribution in [0.1, 0.15) is 26.7 Å². The van der Waals surface area contributed by atoms with Gasteiger partial charge < -0.3 is 4.74 Å². The molecule has 0 spiro atoms. The average molecular weight is 140 g/mol. The molecule has 56 valence electrons. The number of carbonyl (C=O) groups is 1. The van der Waals surface area contributed by atoms with Crippen molar-refractivity contribution in [2.24, 2.45) is 5.92 Å². The second-order valence-electron chi connectivity index (χ2n) is 2.05. The average Bonchev–Trinajstić information content (AvgIpc) is 1.91. The molecule has 0 radical (unpaired) electrons. The van der Waals surface area contributed by atoms with E-state index in [-0.39, 0.29) is 11.9 Å². The normalized spacial score (nSPS) is 9.00. The Morgan fingerprint density at radius 2 is 2.10 bits per heavy atom. The topological polar surface area (TPSA) is 26.3 Å². The number of rotatable bonds is 3. The fourth-order valence-electron chi connectivity index (χ4n) is 0.763. The van der Waals surface area contributed by atoms with Crippen LogP contribution in [-0.4, -0.2) is 5.97 Å². The zero-order valence-electron chi connectivity index (χ0n) is 6.39. The fourth-order valence-corrected chi connectivity index (χ4v) is 0.763. The first-order chi connectivity index (χ1) is 4.76. The van der Waals surface area contributed by atoms with Gasteiger partial charge in [0.15, 0.2) is 0 Å². The van der Waals surface area contributed by atoms with Crippen molar-refractivity contribution in [2.75, 3.05) is 0 Å². The summed E-state index contributed by atoms with van der Waals surface area (Å²) in [4.78, 5) is 10.8. The maximum absolute atomic E-state index is 10.8. The van der Waals surface area contributed by atoms with Crippen molar-refractivity contribution >= 4 is 5.97 Å². The van der Waals surface area contributed by atoms with E-state index in [2.05, 4.69) is 4.74 Å². The Balaban J connectivity index is 3.79. The summed E-state index contributed by atoms with van der Waals surface area (Å²) in [7, 11) is 0. The lowest BCUT2D eigenvalue weighted by Crippen LogP contribution is -2.13. The Kier molecular flexibility index (Phi) is 4.39. The lowest BCUT2D eigenvalue weighted by Gasteiger charge is -2.06. The minimum absolute atomic E-state index is 0.0314. The first-order valence-electron chi connectivity index (χ1n) is 3.42. The van der Waals surface area contributed by atoms with Crippen LogP contribution in [0, 0.1) is 18.4 Å². The van der Waals surface area contributed by atoms with Gasteiger partial charge in [-0.1, -0.05) is 20.3 Å². The molecule has 0 aliphatic rings. The van der Waals surface area contributed by atoms with Crippen LogP contribution < -0.4 is 0 Å². The number of esters is 1. The van der Waals surface area contributed by atoms with Crippen LogP contribution in [-0.2, 0) is 9.53 Å². The molecule has 2 nitrogen and oxygen atoms in total. The van der Waals surface area contributed by atoms with Gasteiger partial charge in [-0.05, 0) is 12.8 Å². The Morgan fingerprint density at radius 3 is 2.40 bits per heavy atom. The highest BCUT2D eigenvalue weighted by Crippen LogP contribution is 2.08. The number of hydrogen-bond donors (Lipinski definition) is 0. The van der Waals surface area contributed by atoms with Gasteiger partial charge in [0.1, 0.15) is 6.11 Å². The zero-order chi connectivity index (χ0) is 7.98. The van der Waals surface area contributed by atoms with Gasteiger partial charge in [0, 0.05) is 0 Å². The van der Waals surface area contributed by atoms with Gasteiger partial charge in [-0.3, -0.25) is 4.79 Å². The zero-order valence-corrected chi connectivity index (χ0v) is 6.39. The SMILES string of the molecule is C#COC(=O)C(CC)CC. The summed E-state index contributed by atoms with van der Waals surface area (Å²) in [6.07, 6.45) is 8.23. The second-order valence-corrected chi connectivity index (χ2v) is 2.05.